The molecule has 9 nitrogen and oxygen atoms in total. The van der Waals surface area contributed by atoms with E-state index < -0.39 is 15.8 Å². The summed E-state index contributed by atoms with van der Waals surface area (Å²) < 4.78 is 62.5. The van der Waals surface area contributed by atoms with Crippen molar-refractivity contribution in [1.82, 2.24) is 4.90 Å². The maximum absolute atomic E-state index is 13.1. The van der Waals surface area contributed by atoms with E-state index in [0.29, 0.717) is 28.6 Å². The average molecular weight is 533 g/mol. The van der Waals surface area contributed by atoms with Crippen LogP contribution in [0.5, 0.6) is 23.0 Å². The fourth-order valence-electron chi connectivity index (χ4n) is 3.52. The van der Waals surface area contributed by atoms with Crippen LogP contribution in [0.1, 0.15) is 11.1 Å². The summed E-state index contributed by atoms with van der Waals surface area (Å²) in [5, 5.41) is 0. The first kappa shape index (κ1) is 27.6. The molecule has 0 heterocycles. The van der Waals surface area contributed by atoms with Gasteiger partial charge in [0.15, 0.2) is 18.1 Å². The third-order valence-electron chi connectivity index (χ3n) is 5.47. The summed E-state index contributed by atoms with van der Waals surface area (Å²) >= 11 is 0. The maximum Gasteiger partial charge on any atom is 0.261 e. The largest absolute Gasteiger partial charge is 0.493 e. The number of carbonyl (C=O) groups excluding carboxylic acids is 1. The molecule has 0 aromatic heterocycles. The molecule has 0 unspecified atom stereocenters. The highest BCUT2D eigenvalue weighted by molar-refractivity contribution is 7.92. The molecule has 0 bridgehead atoms. The first-order valence-corrected chi connectivity index (χ1v) is 12.6. The molecule has 37 heavy (non-hydrogen) atoms. The number of amides is 1. The van der Waals surface area contributed by atoms with Crippen molar-refractivity contribution in [2.24, 2.45) is 0 Å². The molecule has 1 N–H and O–H groups in total. The number of ether oxygens (including phenoxy) is 4. The topological polar surface area (TPSA) is 103 Å². The van der Waals surface area contributed by atoms with Gasteiger partial charge in [-0.1, -0.05) is 0 Å². The Kier molecular flexibility index (Phi) is 8.82. The van der Waals surface area contributed by atoms with Crippen LogP contribution in [-0.4, -0.2) is 54.2 Å². The van der Waals surface area contributed by atoms with Crippen LogP contribution >= 0.6 is 0 Å². The molecule has 0 radical (unpaired) electrons. The van der Waals surface area contributed by atoms with Crippen LogP contribution in [-0.2, 0) is 21.4 Å². The fourth-order valence-corrected chi connectivity index (χ4v) is 4.66. The third-order valence-corrected chi connectivity index (χ3v) is 6.85. The number of hydrogen-bond donors (Lipinski definition) is 1. The molecule has 0 aliphatic rings. The molecular formula is C26H29FN2O7S. The summed E-state index contributed by atoms with van der Waals surface area (Å²) in [5.74, 6) is 1.03. The minimum Gasteiger partial charge on any atom is -0.493 e. The third kappa shape index (κ3) is 6.82. The van der Waals surface area contributed by atoms with Gasteiger partial charge in [0, 0.05) is 19.3 Å². The van der Waals surface area contributed by atoms with Crippen LogP contribution in [0.15, 0.2) is 59.5 Å². The monoisotopic (exact) mass is 532 g/mol. The Hall–Kier alpha value is -3.99. The number of sulfonamides is 1. The van der Waals surface area contributed by atoms with Crippen molar-refractivity contribution in [3.05, 3.63) is 71.5 Å². The van der Waals surface area contributed by atoms with Crippen LogP contribution in [0.2, 0.25) is 0 Å². The number of benzene rings is 3. The van der Waals surface area contributed by atoms with E-state index in [1.165, 1.54) is 56.6 Å². The summed E-state index contributed by atoms with van der Waals surface area (Å²) in [6.45, 7) is 1.70. The van der Waals surface area contributed by atoms with E-state index in [1.807, 2.05) is 0 Å². The number of rotatable bonds is 11. The SMILES string of the molecule is COc1cc(CN(C)C(=O)COc2ccc(S(=O)(=O)Nc3ccc(F)cc3)cc2C)cc(OC)c1OC. The Morgan fingerprint density at radius 1 is 0.919 bits per heavy atom. The van der Waals surface area contributed by atoms with Gasteiger partial charge in [0.25, 0.3) is 15.9 Å². The molecule has 0 fully saturated rings. The van der Waals surface area contributed by atoms with Gasteiger partial charge in [0.1, 0.15) is 11.6 Å². The maximum atomic E-state index is 13.1. The van der Waals surface area contributed by atoms with Gasteiger partial charge in [-0.2, -0.15) is 0 Å². The zero-order chi connectivity index (χ0) is 27.2. The number of hydrogen-bond acceptors (Lipinski definition) is 7. The van der Waals surface area contributed by atoms with Gasteiger partial charge in [-0.05, 0) is 72.6 Å². The molecule has 0 saturated carbocycles. The molecule has 198 valence electrons. The zero-order valence-electron chi connectivity index (χ0n) is 21.2. The number of aryl methyl sites for hydroxylation is 1. The van der Waals surface area contributed by atoms with Gasteiger partial charge in [-0.15, -0.1) is 0 Å². The van der Waals surface area contributed by atoms with E-state index in [2.05, 4.69) is 4.72 Å². The van der Waals surface area contributed by atoms with Crippen molar-refractivity contribution in [3.8, 4) is 23.0 Å². The van der Waals surface area contributed by atoms with Crippen molar-refractivity contribution in [2.45, 2.75) is 18.4 Å². The molecule has 11 heteroatoms. The Bertz CT molecular complexity index is 1340. The van der Waals surface area contributed by atoms with Crippen molar-refractivity contribution in [1.29, 1.82) is 0 Å². The smallest absolute Gasteiger partial charge is 0.261 e. The Morgan fingerprint density at radius 3 is 2.08 bits per heavy atom. The Balaban J connectivity index is 1.64. The molecule has 0 saturated heterocycles. The second-order valence-corrected chi connectivity index (χ2v) is 9.79. The fraction of sp³-hybridized carbons (Fsp3) is 0.269. The highest BCUT2D eigenvalue weighted by atomic mass is 32.2. The van der Waals surface area contributed by atoms with Gasteiger partial charge in [0.05, 0.1) is 26.2 Å². The molecule has 3 aromatic rings. The quantitative estimate of drug-likeness (QED) is 0.398. The number of nitrogens with one attached hydrogen (secondary N) is 1. The van der Waals surface area contributed by atoms with E-state index in [0.717, 1.165) is 17.7 Å². The predicted octanol–water partition coefficient (Wildman–Crippen LogP) is 4.00. The Morgan fingerprint density at radius 2 is 1.54 bits per heavy atom. The first-order valence-electron chi connectivity index (χ1n) is 11.1. The highest BCUT2D eigenvalue weighted by Crippen LogP contribution is 2.38. The number of likely N-dealkylation sites (N-methyl/N-ethyl adjacent to an activating group) is 1. The van der Waals surface area contributed by atoms with Crippen LogP contribution in [0.25, 0.3) is 0 Å². The average Bonchev–Trinajstić information content (AvgIpc) is 2.88. The molecular weight excluding hydrogens is 503 g/mol. The molecule has 3 rings (SSSR count). The highest BCUT2D eigenvalue weighted by Gasteiger charge is 2.18. The van der Waals surface area contributed by atoms with Crippen LogP contribution < -0.4 is 23.7 Å². The minimum absolute atomic E-state index is 0.00696. The molecule has 0 aliphatic heterocycles. The van der Waals surface area contributed by atoms with E-state index in [9.17, 15) is 17.6 Å². The first-order chi connectivity index (χ1) is 17.6. The standard InChI is InChI=1S/C26H29FN2O7S/c1-17-12-21(37(31,32)28-20-8-6-19(27)7-9-20)10-11-22(17)36-16-25(30)29(2)15-18-13-23(33-3)26(35-5)24(14-18)34-4/h6-14,28H,15-16H2,1-5H3. The summed E-state index contributed by atoms with van der Waals surface area (Å²) in [7, 11) is 2.29. The molecule has 0 aliphatic carbocycles. The van der Waals surface area contributed by atoms with E-state index in [-0.39, 0.29) is 29.6 Å². The predicted molar refractivity (Wildman–Crippen MR) is 136 cm³/mol. The second-order valence-electron chi connectivity index (χ2n) is 8.11. The van der Waals surface area contributed by atoms with Crippen molar-refractivity contribution >= 4 is 21.6 Å². The zero-order valence-corrected chi connectivity index (χ0v) is 22.0. The molecule has 0 spiro atoms. The number of carbonyl (C=O) groups is 1. The second kappa shape index (κ2) is 11.8. The lowest BCUT2D eigenvalue weighted by Crippen LogP contribution is -2.31. The van der Waals surface area contributed by atoms with Gasteiger partial charge in [-0.25, -0.2) is 12.8 Å². The van der Waals surface area contributed by atoms with E-state index in [1.54, 1.807) is 26.1 Å². The van der Waals surface area contributed by atoms with Crippen molar-refractivity contribution in [3.63, 3.8) is 0 Å². The Labute approximate surface area is 215 Å². The normalized spacial score (nSPS) is 11.0. The van der Waals surface area contributed by atoms with Crippen LogP contribution in [0, 0.1) is 12.7 Å². The van der Waals surface area contributed by atoms with Gasteiger partial charge in [0.2, 0.25) is 5.75 Å². The number of halogens is 1. The summed E-state index contributed by atoms with van der Waals surface area (Å²) in [4.78, 5) is 14.2. The number of nitrogens with zero attached hydrogens (tertiary/aromatic N) is 1. The summed E-state index contributed by atoms with van der Waals surface area (Å²) in [5.41, 5.74) is 1.53. The lowest BCUT2D eigenvalue weighted by atomic mass is 10.1. The number of anilines is 1. The lowest BCUT2D eigenvalue weighted by molar-refractivity contribution is -0.132. The molecule has 1 amide bonds. The molecule has 0 atom stereocenters. The van der Waals surface area contributed by atoms with E-state index in [4.69, 9.17) is 18.9 Å². The van der Waals surface area contributed by atoms with Gasteiger partial charge in [-0.3, -0.25) is 9.52 Å². The van der Waals surface area contributed by atoms with Crippen molar-refractivity contribution < 1.29 is 36.6 Å². The van der Waals surface area contributed by atoms with E-state index >= 15 is 0 Å². The molecule has 3 aromatic carbocycles. The van der Waals surface area contributed by atoms with Crippen molar-refractivity contribution in [2.75, 3.05) is 39.7 Å². The summed E-state index contributed by atoms with van der Waals surface area (Å²) in [6, 6.07) is 12.8. The lowest BCUT2D eigenvalue weighted by Gasteiger charge is -2.20. The van der Waals surface area contributed by atoms with Crippen LogP contribution in [0.4, 0.5) is 10.1 Å². The summed E-state index contributed by atoms with van der Waals surface area (Å²) in [6.07, 6.45) is 0. The minimum atomic E-state index is -3.89. The van der Waals surface area contributed by atoms with Crippen LogP contribution in [0.3, 0.4) is 0 Å². The van der Waals surface area contributed by atoms with Gasteiger partial charge >= 0.3 is 0 Å². The number of methoxy groups -OCH3 is 3. The van der Waals surface area contributed by atoms with Gasteiger partial charge < -0.3 is 23.8 Å².